The summed E-state index contributed by atoms with van der Waals surface area (Å²) in [5.41, 5.74) is 2.45. The zero-order chi connectivity index (χ0) is 11.5. The van der Waals surface area contributed by atoms with Crippen molar-refractivity contribution in [2.24, 2.45) is 0 Å². The van der Waals surface area contributed by atoms with Crippen molar-refractivity contribution in [3.8, 4) is 0 Å². The number of hydrogen-bond acceptors (Lipinski definition) is 3. The van der Waals surface area contributed by atoms with Crippen molar-refractivity contribution in [3.63, 3.8) is 0 Å². The zero-order valence-electron chi connectivity index (χ0n) is 9.48. The fourth-order valence-corrected chi connectivity index (χ4v) is 2.24. The normalized spacial score (nSPS) is 15.4. The van der Waals surface area contributed by atoms with Gasteiger partial charge >= 0.3 is 0 Å². The molecule has 1 aliphatic heterocycles. The monoisotopic (exact) mass is 220 g/mol. The number of rotatable bonds is 3. The molecule has 1 fully saturated rings. The van der Waals surface area contributed by atoms with E-state index in [1.54, 1.807) is 12.1 Å². The summed E-state index contributed by atoms with van der Waals surface area (Å²) in [5.74, 6) is 0. The molecule has 4 heteroatoms. The molecule has 86 valence electrons. The maximum atomic E-state index is 10.7. The third-order valence-electron chi connectivity index (χ3n) is 3.10. The molecule has 0 aromatic heterocycles. The van der Waals surface area contributed by atoms with Gasteiger partial charge in [-0.1, -0.05) is 6.92 Å². The van der Waals surface area contributed by atoms with Gasteiger partial charge in [0.05, 0.1) is 4.92 Å². The quantitative estimate of drug-likeness (QED) is 0.581. The second-order valence-electron chi connectivity index (χ2n) is 4.12. The number of aryl methyl sites for hydroxylation is 1. The number of benzene rings is 1. The van der Waals surface area contributed by atoms with Crippen molar-refractivity contribution in [1.82, 2.24) is 0 Å². The average Bonchev–Trinajstić information content (AvgIpc) is 2.81. The third-order valence-corrected chi connectivity index (χ3v) is 3.10. The smallest absolute Gasteiger partial charge is 0.269 e. The van der Waals surface area contributed by atoms with Crippen molar-refractivity contribution >= 4 is 11.4 Å². The molecule has 0 N–H and O–H groups in total. The molecular formula is C12H16N2O2. The summed E-state index contributed by atoms with van der Waals surface area (Å²) in [6.45, 7) is 4.19. The molecule has 1 saturated heterocycles. The minimum absolute atomic E-state index is 0.194. The molecule has 1 aromatic carbocycles. The summed E-state index contributed by atoms with van der Waals surface area (Å²) in [4.78, 5) is 12.7. The van der Waals surface area contributed by atoms with Gasteiger partial charge in [-0.15, -0.1) is 0 Å². The molecule has 2 rings (SSSR count). The first-order valence-electron chi connectivity index (χ1n) is 5.74. The second kappa shape index (κ2) is 4.51. The molecule has 0 spiro atoms. The van der Waals surface area contributed by atoms with E-state index < -0.39 is 0 Å². The first-order valence-corrected chi connectivity index (χ1v) is 5.74. The van der Waals surface area contributed by atoms with E-state index in [1.807, 2.05) is 13.0 Å². The van der Waals surface area contributed by atoms with Crippen LogP contribution in [0.4, 0.5) is 11.4 Å². The van der Waals surface area contributed by atoms with Crippen LogP contribution >= 0.6 is 0 Å². The maximum absolute atomic E-state index is 10.7. The Bertz CT molecular complexity index is 398. The van der Waals surface area contributed by atoms with Crippen LogP contribution in [0.5, 0.6) is 0 Å². The van der Waals surface area contributed by atoms with E-state index in [1.165, 1.54) is 18.5 Å². The summed E-state index contributed by atoms with van der Waals surface area (Å²) in [6.07, 6.45) is 3.29. The standard InChI is InChI=1S/C12H16N2O2/c1-2-10-9-11(14(15)16)5-6-12(10)13-7-3-4-8-13/h5-6,9H,2-4,7-8H2,1H3. The number of nitro groups is 1. The largest absolute Gasteiger partial charge is 0.371 e. The zero-order valence-corrected chi connectivity index (χ0v) is 9.48. The molecule has 16 heavy (non-hydrogen) atoms. The van der Waals surface area contributed by atoms with Crippen LogP contribution in [0.25, 0.3) is 0 Å². The SMILES string of the molecule is CCc1cc([N+](=O)[O-])ccc1N1CCCC1. The minimum Gasteiger partial charge on any atom is -0.371 e. The number of non-ortho nitro benzene ring substituents is 1. The van der Waals surface area contributed by atoms with E-state index in [9.17, 15) is 10.1 Å². The van der Waals surface area contributed by atoms with Gasteiger partial charge in [0.1, 0.15) is 0 Å². The Labute approximate surface area is 95.0 Å². The average molecular weight is 220 g/mol. The van der Waals surface area contributed by atoms with Crippen LogP contribution in [0, 0.1) is 10.1 Å². The molecule has 1 aliphatic rings. The summed E-state index contributed by atoms with van der Waals surface area (Å²) < 4.78 is 0. The van der Waals surface area contributed by atoms with Crippen molar-refractivity contribution in [3.05, 3.63) is 33.9 Å². The van der Waals surface area contributed by atoms with E-state index >= 15 is 0 Å². The number of anilines is 1. The molecule has 0 amide bonds. The Hall–Kier alpha value is -1.58. The lowest BCUT2D eigenvalue weighted by Crippen LogP contribution is -2.19. The minimum atomic E-state index is -0.326. The van der Waals surface area contributed by atoms with Gasteiger partial charge in [0.25, 0.3) is 5.69 Å². The van der Waals surface area contributed by atoms with E-state index in [0.29, 0.717) is 0 Å². The van der Waals surface area contributed by atoms with Gasteiger partial charge < -0.3 is 4.90 Å². The molecule has 0 bridgehead atoms. The van der Waals surface area contributed by atoms with E-state index in [0.717, 1.165) is 25.1 Å². The van der Waals surface area contributed by atoms with Crippen LogP contribution in [-0.2, 0) is 6.42 Å². The van der Waals surface area contributed by atoms with E-state index in [2.05, 4.69) is 4.90 Å². The highest BCUT2D eigenvalue weighted by Gasteiger charge is 2.17. The predicted molar refractivity (Wildman–Crippen MR) is 63.9 cm³/mol. The highest BCUT2D eigenvalue weighted by Crippen LogP contribution is 2.28. The van der Waals surface area contributed by atoms with Crippen molar-refractivity contribution < 1.29 is 4.92 Å². The van der Waals surface area contributed by atoms with Crippen LogP contribution in [0.3, 0.4) is 0 Å². The van der Waals surface area contributed by atoms with Crippen molar-refractivity contribution in [2.75, 3.05) is 18.0 Å². The van der Waals surface area contributed by atoms with E-state index in [4.69, 9.17) is 0 Å². The molecular weight excluding hydrogens is 204 g/mol. The summed E-state index contributed by atoms with van der Waals surface area (Å²) in [7, 11) is 0. The molecule has 4 nitrogen and oxygen atoms in total. The van der Waals surface area contributed by atoms with Gasteiger partial charge in [-0.3, -0.25) is 10.1 Å². The summed E-state index contributed by atoms with van der Waals surface area (Å²) in [6, 6.07) is 5.20. The molecule has 0 aliphatic carbocycles. The van der Waals surface area contributed by atoms with Gasteiger partial charge in [-0.05, 0) is 30.9 Å². The van der Waals surface area contributed by atoms with Crippen LogP contribution in [0.15, 0.2) is 18.2 Å². The lowest BCUT2D eigenvalue weighted by Gasteiger charge is -2.20. The van der Waals surface area contributed by atoms with E-state index in [-0.39, 0.29) is 10.6 Å². The lowest BCUT2D eigenvalue weighted by molar-refractivity contribution is -0.384. The van der Waals surface area contributed by atoms with Crippen LogP contribution < -0.4 is 4.90 Å². The fourth-order valence-electron chi connectivity index (χ4n) is 2.24. The molecule has 0 saturated carbocycles. The second-order valence-corrected chi connectivity index (χ2v) is 4.12. The summed E-state index contributed by atoms with van der Waals surface area (Å²) >= 11 is 0. The van der Waals surface area contributed by atoms with Crippen LogP contribution in [0.1, 0.15) is 25.3 Å². The molecule has 1 aromatic rings. The Kier molecular flexibility index (Phi) is 3.08. The highest BCUT2D eigenvalue weighted by molar-refractivity contribution is 5.58. The molecule has 0 unspecified atom stereocenters. The molecule has 0 radical (unpaired) electrons. The Morgan fingerprint density at radius 3 is 2.62 bits per heavy atom. The Morgan fingerprint density at radius 1 is 1.38 bits per heavy atom. The summed E-state index contributed by atoms with van der Waals surface area (Å²) in [5, 5.41) is 10.7. The lowest BCUT2D eigenvalue weighted by atomic mass is 10.1. The van der Waals surface area contributed by atoms with Crippen molar-refractivity contribution in [2.45, 2.75) is 26.2 Å². The predicted octanol–water partition coefficient (Wildman–Crippen LogP) is 2.76. The van der Waals surface area contributed by atoms with Gasteiger partial charge in [0.2, 0.25) is 0 Å². The number of hydrogen-bond donors (Lipinski definition) is 0. The van der Waals surface area contributed by atoms with Gasteiger partial charge in [0, 0.05) is 30.9 Å². The molecule has 0 atom stereocenters. The first kappa shape index (κ1) is 10.9. The Morgan fingerprint density at radius 2 is 2.06 bits per heavy atom. The molecule has 1 heterocycles. The van der Waals surface area contributed by atoms with Gasteiger partial charge in [0.15, 0.2) is 0 Å². The maximum Gasteiger partial charge on any atom is 0.269 e. The number of nitrogens with zero attached hydrogens (tertiary/aromatic N) is 2. The topological polar surface area (TPSA) is 46.4 Å². The first-order chi connectivity index (χ1) is 7.72. The number of nitro benzene ring substituents is 1. The fraction of sp³-hybridized carbons (Fsp3) is 0.500. The van der Waals surface area contributed by atoms with Crippen LogP contribution in [0.2, 0.25) is 0 Å². The van der Waals surface area contributed by atoms with Crippen LogP contribution in [-0.4, -0.2) is 18.0 Å². The van der Waals surface area contributed by atoms with Gasteiger partial charge in [-0.2, -0.15) is 0 Å². The highest BCUT2D eigenvalue weighted by atomic mass is 16.6. The van der Waals surface area contributed by atoms with Gasteiger partial charge in [-0.25, -0.2) is 0 Å². The third kappa shape index (κ3) is 2.01. The Balaban J connectivity index is 2.34. The van der Waals surface area contributed by atoms with Crippen molar-refractivity contribution in [1.29, 1.82) is 0 Å².